The summed E-state index contributed by atoms with van der Waals surface area (Å²) in [6.45, 7) is 5.41. The van der Waals surface area contributed by atoms with E-state index < -0.39 is 22.6 Å². The fourth-order valence-electron chi connectivity index (χ4n) is 2.43. The highest BCUT2D eigenvalue weighted by atomic mass is 32.2. The number of Topliss-reactive ketones (excluding diaryl/α,β-unsaturated/α-hetero) is 1. The van der Waals surface area contributed by atoms with Crippen LogP contribution in [0.3, 0.4) is 0 Å². The summed E-state index contributed by atoms with van der Waals surface area (Å²) < 4.78 is 28.8. The molecule has 0 spiro atoms. The molecule has 3 rings (SSSR count). The summed E-state index contributed by atoms with van der Waals surface area (Å²) >= 11 is 1.06. The molecule has 0 aliphatic carbocycles. The predicted molar refractivity (Wildman–Crippen MR) is 102 cm³/mol. The number of ketones is 1. The van der Waals surface area contributed by atoms with E-state index in [0.29, 0.717) is 17.0 Å². The van der Waals surface area contributed by atoms with Crippen molar-refractivity contribution in [1.29, 1.82) is 0 Å². The molecule has 0 unspecified atom stereocenters. The first-order valence-corrected chi connectivity index (χ1v) is 9.30. The number of thioether (sulfide) groups is 1. The molecule has 0 bridgehead atoms. The Kier molecular flexibility index (Phi) is 5.15. The average Bonchev–Trinajstić information content (AvgIpc) is 2.60. The fraction of sp³-hybridized carbons (Fsp3) is 0.250. The Morgan fingerprint density at radius 1 is 1.15 bits per heavy atom. The topological polar surface area (TPSA) is 52.0 Å². The highest BCUT2D eigenvalue weighted by Crippen LogP contribution is 2.26. The summed E-state index contributed by atoms with van der Waals surface area (Å²) in [5, 5.41) is 0.495. The van der Waals surface area contributed by atoms with Crippen LogP contribution in [-0.2, 0) is 4.79 Å². The van der Waals surface area contributed by atoms with Crippen LogP contribution in [-0.4, -0.2) is 21.1 Å². The van der Waals surface area contributed by atoms with E-state index in [-0.39, 0.29) is 22.4 Å². The van der Waals surface area contributed by atoms with Gasteiger partial charge in [0.05, 0.1) is 22.3 Å². The Morgan fingerprint density at radius 2 is 1.85 bits per heavy atom. The van der Waals surface area contributed by atoms with Gasteiger partial charge in [0.2, 0.25) is 0 Å². The standard InChI is InChI=1S/C20H18F2N2O2S/c1-20(2,3)17(25)11-27-19-23-15-7-5-4-6-13(15)18(26)24(19)16-9-8-12(21)10-14(16)22/h4-10H,11H2,1-3H3. The van der Waals surface area contributed by atoms with E-state index in [4.69, 9.17) is 0 Å². The van der Waals surface area contributed by atoms with Crippen LogP contribution in [0.1, 0.15) is 20.8 Å². The van der Waals surface area contributed by atoms with E-state index in [2.05, 4.69) is 4.98 Å². The van der Waals surface area contributed by atoms with Crippen LogP contribution in [0.15, 0.2) is 52.4 Å². The van der Waals surface area contributed by atoms with Crippen LogP contribution in [0.2, 0.25) is 0 Å². The van der Waals surface area contributed by atoms with Crippen LogP contribution >= 0.6 is 11.8 Å². The molecule has 0 aliphatic rings. The summed E-state index contributed by atoms with van der Waals surface area (Å²) in [4.78, 5) is 29.7. The monoisotopic (exact) mass is 388 g/mol. The lowest BCUT2D eigenvalue weighted by atomic mass is 9.92. The zero-order chi connectivity index (χ0) is 19.8. The number of halogens is 2. The van der Waals surface area contributed by atoms with Crippen molar-refractivity contribution < 1.29 is 13.6 Å². The first-order chi connectivity index (χ1) is 12.7. The highest BCUT2D eigenvalue weighted by molar-refractivity contribution is 7.99. The SMILES string of the molecule is CC(C)(C)C(=O)CSc1nc2ccccc2c(=O)n1-c1ccc(F)cc1F. The average molecular weight is 388 g/mol. The van der Waals surface area contributed by atoms with Gasteiger partial charge < -0.3 is 0 Å². The van der Waals surface area contributed by atoms with Crippen molar-refractivity contribution in [2.75, 3.05) is 5.75 Å². The number of rotatable bonds is 4. The number of nitrogens with zero attached hydrogens (tertiary/aromatic N) is 2. The minimum atomic E-state index is -0.877. The maximum atomic E-state index is 14.4. The summed E-state index contributed by atoms with van der Waals surface area (Å²) in [5.74, 6) is -1.56. The van der Waals surface area contributed by atoms with E-state index in [0.717, 1.165) is 22.4 Å². The third-order valence-electron chi connectivity index (χ3n) is 4.06. The molecule has 1 heterocycles. The lowest BCUT2D eigenvalue weighted by Crippen LogP contribution is -2.25. The summed E-state index contributed by atoms with van der Waals surface area (Å²) in [7, 11) is 0. The Bertz CT molecular complexity index is 1090. The van der Waals surface area contributed by atoms with Crippen molar-refractivity contribution in [3.05, 3.63) is 64.5 Å². The number of aromatic nitrogens is 2. The molecule has 140 valence electrons. The van der Waals surface area contributed by atoms with Gasteiger partial charge in [0.1, 0.15) is 17.4 Å². The number of benzene rings is 2. The van der Waals surface area contributed by atoms with Crippen molar-refractivity contribution in [2.24, 2.45) is 5.41 Å². The molecule has 0 amide bonds. The Morgan fingerprint density at radius 3 is 2.52 bits per heavy atom. The van der Waals surface area contributed by atoms with Gasteiger partial charge in [-0.1, -0.05) is 44.7 Å². The van der Waals surface area contributed by atoms with E-state index in [1.807, 2.05) is 0 Å². The van der Waals surface area contributed by atoms with Crippen LogP contribution in [0, 0.1) is 17.0 Å². The molecule has 1 aromatic heterocycles. The maximum absolute atomic E-state index is 14.4. The van der Waals surface area contributed by atoms with E-state index in [9.17, 15) is 18.4 Å². The minimum absolute atomic E-state index is 0.0268. The second-order valence-corrected chi connectivity index (χ2v) is 8.05. The molecular weight excluding hydrogens is 370 g/mol. The molecule has 0 radical (unpaired) electrons. The van der Waals surface area contributed by atoms with Crippen molar-refractivity contribution in [1.82, 2.24) is 9.55 Å². The number of carbonyl (C=O) groups excluding carboxylic acids is 1. The van der Waals surface area contributed by atoms with Crippen molar-refractivity contribution >= 4 is 28.4 Å². The number of hydrogen-bond donors (Lipinski definition) is 0. The van der Waals surface area contributed by atoms with Gasteiger partial charge in [0.15, 0.2) is 5.16 Å². The Labute approximate surface area is 159 Å². The van der Waals surface area contributed by atoms with E-state index >= 15 is 0 Å². The lowest BCUT2D eigenvalue weighted by Gasteiger charge is -2.17. The van der Waals surface area contributed by atoms with E-state index in [1.165, 1.54) is 6.07 Å². The van der Waals surface area contributed by atoms with Crippen LogP contribution in [0.25, 0.3) is 16.6 Å². The number of fused-ring (bicyclic) bond motifs is 1. The molecule has 0 saturated heterocycles. The molecule has 0 atom stereocenters. The number of para-hydroxylation sites is 1. The maximum Gasteiger partial charge on any atom is 0.266 e. The lowest BCUT2D eigenvalue weighted by molar-refractivity contribution is -0.123. The third-order valence-corrected chi connectivity index (χ3v) is 5.00. The molecule has 0 saturated carbocycles. The molecule has 4 nitrogen and oxygen atoms in total. The number of carbonyl (C=O) groups is 1. The van der Waals surface area contributed by atoms with Crippen LogP contribution in [0.5, 0.6) is 0 Å². The summed E-state index contributed by atoms with van der Waals surface area (Å²) in [6, 6.07) is 9.69. The third kappa shape index (κ3) is 3.93. The minimum Gasteiger partial charge on any atom is -0.298 e. The Balaban J connectivity index is 2.19. The van der Waals surface area contributed by atoms with Crippen LogP contribution in [0.4, 0.5) is 8.78 Å². The van der Waals surface area contributed by atoms with Gasteiger partial charge in [-0.15, -0.1) is 0 Å². The fourth-order valence-corrected chi connectivity index (χ4v) is 3.60. The second-order valence-electron chi connectivity index (χ2n) is 7.11. The normalized spacial score (nSPS) is 11.7. The zero-order valence-corrected chi connectivity index (χ0v) is 15.9. The first-order valence-electron chi connectivity index (χ1n) is 8.32. The molecular formula is C20H18F2N2O2S. The van der Waals surface area contributed by atoms with Gasteiger partial charge in [-0.2, -0.15) is 0 Å². The van der Waals surface area contributed by atoms with Gasteiger partial charge in [0.25, 0.3) is 5.56 Å². The van der Waals surface area contributed by atoms with Gasteiger partial charge in [-0.05, 0) is 24.3 Å². The van der Waals surface area contributed by atoms with Gasteiger partial charge in [0, 0.05) is 11.5 Å². The first kappa shape index (κ1) is 19.2. The highest BCUT2D eigenvalue weighted by Gasteiger charge is 2.23. The molecule has 27 heavy (non-hydrogen) atoms. The smallest absolute Gasteiger partial charge is 0.266 e. The van der Waals surface area contributed by atoms with Gasteiger partial charge in [-0.25, -0.2) is 13.8 Å². The quantitative estimate of drug-likeness (QED) is 0.492. The van der Waals surface area contributed by atoms with Gasteiger partial charge in [-0.3, -0.25) is 14.2 Å². The molecule has 0 fully saturated rings. The molecule has 0 aliphatic heterocycles. The molecule has 7 heteroatoms. The Hall–Kier alpha value is -2.54. The largest absolute Gasteiger partial charge is 0.298 e. The molecule has 2 aromatic carbocycles. The summed E-state index contributed by atoms with van der Waals surface area (Å²) in [6.07, 6.45) is 0. The number of hydrogen-bond acceptors (Lipinski definition) is 4. The summed E-state index contributed by atoms with van der Waals surface area (Å²) in [5.41, 5.74) is -0.676. The zero-order valence-electron chi connectivity index (χ0n) is 15.1. The van der Waals surface area contributed by atoms with Gasteiger partial charge >= 0.3 is 0 Å². The van der Waals surface area contributed by atoms with Crippen molar-refractivity contribution in [2.45, 2.75) is 25.9 Å². The molecule has 0 N–H and O–H groups in total. The predicted octanol–water partition coefficient (Wildman–Crippen LogP) is 4.37. The van der Waals surface area contributed by atoms with Crippen LogP contribution < -0.4 is 5.56 Å². The second kappa shape index (κ2) is 7.23. The van der Waals surface area contributed by atoms with Crippen molar-refractivity contribution in [3.8, 4) is 5.69 Å². The van der Waals surface area contributed by atoms with E-state index in [1.54, 1.807) is 45.0 Å². The molecule has 3 aromatic rings. The van der Waals surface area contributed by atoms with Crippen molar-refractivity contribution in [3.63, 3.8) is 0 Å².